The van der Waals surface area contributed by atoms with E-state index in [1.165, 1.54) is 10.7 Å². The van der Waals surface area contributed by atoms with Crippen molar-refractivity contribution in [2.24, 2.45) is 0 Å². The Hall–Kier alpha value is -2.76. The fourth-order valence-corrected chi connectivity index (χ4v) is 2.04. The van der Waals surface area contributed by atoms with Gasteiger partial charge in [0.2, 0.25) is 0 Å². The molecule has 0 saturated carbocycles. The van der Waals surface area contributed by atoms with Crippen LogP contribution in [0.3, 0.4) is 0 Å². The van der Waals surface area contributed by atoms with E-state index >= 15 is 0 Å². The van der Waals surface area contributed by atoms with E-state index < -0.39 is 0 Å². The number of benzene rings is 2. The maximum Gasteiger partial charge on any atom is 0.189 e. The molecule has 0 aliphatic carbocycles. The Morgan fingerprint density at radius 2 is 1.90 bits per heavy atom. The minimum Gasteiger partial charge on any atom is -0.398 e. The lowest BCUT2D eigenvalue weighted by atomic mass is 10.1. The molecule has 0 radical (unpaired) electrons. The molecule has 0 saturated heterocycles. The van der Waals surface area contributed by atoms with Gasteiger partial charge in [-0.3, -0.25) is 0 Å². The molecule has 1 heterocycles. The zero-order valence-electron chi connectivity index (χ0n) is 10.8. The second-order valence-electron chi connectivity index (χ2n) is 4.39. The molecule has 5 nitrogen and oxygen atoms in total. The maximum atomic E-state index is 13.7. The Morgan fingerprint density at radius 3 is 2.70 bits per heavy atom. The maximum absolute atomic E-state index is 13.7. The zero-order chi connectivity index (χ0) is 14.1. The third-order valence-electron chi connectivity index (χ3n) is 3.14. The summed E-state index contributed by atoms with van der Waals surface area (Å²) in [7, 11) is 0. The molecule has 0 aliphatic heterocycles. The molecule has 6 heteroatoms. The van der Waals surface area contributed by atoms with Crippen LogP contribution < -0.4 is 5.73 Å². The summed E-state index contributed by atoms with van der Waals surface area (Å²) < 4.78 is 15.2. The Kier molecular flexibility index (Phi) is 2.90. The number of hydrogen-bond donors (Lipinski definition) is 1. The Morgan fingerprint density at radius 1 is 1.10 bits per heavy atom. The van der Waals surface area contributed by atoms with Gasteiger partial charge in [-0.05, 0) is 41.6 Å². The lowest BCUT2D eigenvalue weighted by Gasteiger charge is -2.09. The predicted molar refractivity (Wildman–Crippen MR) is 73.7 cm³/mol. The van der Waals surface area contributed by atoms with Crippen LogP contribution in [0.4, 0.5) is 10.1 Å². The van der Waals surface area contributed by atoms with Crippen LogP contribution in [0, 0.1) is 12.7 Å². The van der Waals surface area contributed by atoms with Gasteiger partial charge in [-0.1, -0.05) is 18.2 Å². The van der Waals surface area contributed by atoms with Gasteiger partial charge in [0, 0.05) is 16.8 Å². The lowest BCUT2D eigenvalue weighted by Crippen LogP contribution is -2.04. The van der Waals surface area contributed by atoms with Crippen LogP contribution >= 0.6 is 0 Å². The number of nitrogen functional groups attached to an aromatic ring is 1. The number of nitrogens with zero attached hydrogens (tertiary/aromatic N) is 4. The van der Waals surface area contributed by atoms with E-state index in [1.54, 1.807) is 25.1 Å². The first kappa shape index (κ1) is 12.3. The number of anilines is 1. The third kappa shape index (κ3) is 1.91. The number of halogens is 1. The standard InChI is InChI=1S/C14H12FN5/c1-9-11(15)6-4-8-13(9)20-14(17-18-19-20)10-5-2-3-7-12(10)16/h2-8H,16H2,1H3. The Labute approximate surface area is 114 Å². The van der Waals surface area contributed by atoms with E-state index in [0.29, 0.717) is 28.3 Å². The van der Waals surface area contributed by atoms with E-state index in [-0.39, 0.29) is 5.82 Å². The molecule has 3 rings (SSSR count). The number of nitrogens with two attached hydrogens (primary N) is 1. The van der Waals surface area contributed by atoms with Crippen LogP contribution in [0.5, 0.6) is 0 Å². The van der Waals surface area contributed by atoms with Gasteiger partial charge >= 0.3 is 0 Å². The van der Waals surface area contributed by atoms with E-state index in [1.807, 2.05) is 18.2 Å². The van der Waals surface area contributed by atoms with E-state index in [0.717, 1.165) is 0 Å². The smallest absolute Gasteiger partial charge is 0.189 e. The Balaban J connectivity index is 2.21. The molecule has 2 N–H and O–H groups in total. The zero-order valence-corrected chi connectivity index (χ0v) is 10.8. The van der Waals surface area contributed by atoms with Crippen molar-refractivity contribution in [3.63, 3.8) is 0 Å². The largest absolute Gasteiger partial charge is 0.398 e. The number of aromatic nitrogens is 4. The first-order valence-corrected chi connectivity index (χ1v) is 6.07. The predicted octanol–water partition coefficient (Wildman–Crippen LogP) is 2.36. The molecule has 0 unspecified atom stereocenters. The molecule has 0 amide bonds. The highest BCUT2D eigenvalue weighted by atomic mass is 19.1. The van der Waals surface area contributed by atoms with E-state index in [2.05, 4.69) is 15.5 Å². The van der Waals surface area contributed by atoms with Crippen LogP contribution in [0.25, 0.3) is 17.1 Å². The quantitative estimate of drug-likeness (QED) is 0.725. The topological polar surface area (TPSA) is 69.6 Å². The fourth-order valence-electron chi connectivity index (χ4n) is 2.04. The van der Waals surface area contributed by atoms with Gasteiger partial charge in [-0.25, -0.2) is 4.39 Å². The van der Waals surface area contributed by atoms with Crippen molar-refractivity contribution in [2.45, 2.75) is 6.92 Å². The van der Waals surface area contributed by atoms with E-state index in [9.17, 15) is 4.39 Å². The molecule has 0 fully saturated rings. The van der Waals surface area contributed by atoms with Gasteiger partial charge in [0.1, 0.15) is 5.82 Å². The van der Waals surface area contributed by atoms with Gasteiger partial charge in [-0.2, -0.15) is 4.68 Å². The van der Waals surface area contributed by atoms with E-state index in [4.69, 9.17) is 5.73 Å². The Bertz CT molecular complexity index is 766. The van der Waals surface area contributed by atoms with Crippen molar-refractivity contribution < 1.29 is 4.39 Å². The fraction of sp³-hybridized carbons (Fsp3) is 0.0714. The van der Waals surface area contributed by atoms with Crippen LogP contribution in [-0.4, -0.2) is 20.2 Å². The molecule has 20 heavy (non-hydrogen) atoms. The van der Waals surface area contributed by atoms with Gasteiger partial charge < -0.3 is 5.73 Å². The molecule has 0 atom stereocenters. The highest BCUT2D eigenvalue weighted by molar-refractivity contribution is 5.72. The second-order valence-corrected chi connectivity index (χ2v) is 4.39. The lowest BCUT2D eigenvalue weighted by molar-refractivity contribution is 0.614. The van der Waals surface area contributed by atoms with Crippen molar-refractivity contribution in [1.82, 2.24) is 20.2 Å². The molecular formula is C14H12FN5. The van der Waals surface area contributed by atoms with Crippen molar-refractivity contribution in [2.75, 3.05) is 5.73 Å². The minimum absolute atomic E-state index is 0.301. The molecule has 100 valence electrons. The van der Waals surface area contributed by atoms with Gasteiger partial charge in [0.25, 0.3) is 0 Å². The van der Waals surface area contributed by atoms with Gasteiger partial charge in [0.15, 0.2) is 5.82 Å². The third-order valence-corrected chi connectivity index (χ3v) is 3.14. The monoisotopic (exact) mass is 269 g/mol. The van der Waals surface area contributed by atoms with Crippen LogP contribution in [0.15, 0.2) is 42.5 Å². The summed E-state index contributed by atoms with van der Waals surface area (Å²) in [4.78, 5) is 0. The molecule has 0 spiro atoms. The summed E-state index contributed by atoms with van der Waals surface area (Å²) in [6.45, 7) is 1.68. The summed E-state index contributed by atoms with van der Waals surface area (Å²) in [6.07, 6.45) is 0. The summed E-state index contributed by atoms with van der Waals surface area (Å²) in [5, 5.41) is 11.6. The number of hydrogen-bond acceptors (Lipinski definition) is 4. The highest BCUT2D eigenvalue weighted by Gasteiger charge is 2.15. The molecular weight excluding hydrogens is 257 g/mol. The molecule has 1 aromatic heterocycles. The molecule has 0 bridgehead atoms. The van der Waals surface area contributed by atoms with Crippen LogP contribution in [-0.2, 0) is 0 Å². The van der Waals surface area contributed by atoms with Crippen LogP contribution in [0.2, 0.25) is 0 Å². The van der Waals surface area contributed by atoms with Crippen molar-refractivity contribution >= 4 is 5.69 Å². The number of tetrazole rings is 1. The van der Waals surface area contributed by atoms with Crippen molar-refractivity contribution in [3.8, 4) is 17.1 Å². The molecule has 0 aliphatic rings. The second kappa shape index (κ2) is 4.73. The summed E-state index contributed by atoms with van der Waals surface area (Å²) in [5.41, 5.74) is 8.29. The van der Waals surface area contributed by atoms with Gasteiger partial charge in [-0.15, -0.1) is 5.10 Å². The summed E-state index contributed by atoms with van der Waals surface area (Å²) >= 11 is 0. The first-order valence-electron chi connectivity index (χ1n) is 6.07. The summed E-state index contributed by atoms with van der Waals surface area (Å²) in [5.74, 6) is 0.182. The average Bonchev–Trinajstić information content (AvgIpc) is 2.91. The molecule has 2 aromatic carbocycles. The van der Waals surface area contributed by atoms with Crippen molar-refractivity contribution in [1.29, 1.82) is 0 Å². The summed E-state index contributed by atoms with van der Waals surface area (Å²) in [6, 6.07) is 12.1. The highest BCUT2D eigenvalue weighted by Crippen LogP contribution is 2.26. The molecule has 3 aromatic rings. The number of para-hydroxylation sites is 1. The number of rotatable bonds is 2. The SMILES string of the molecule is Cc1c(F)cccc1-n1nnnc1-c1ccccc1N. The van der Waals surface area contributed by atoms with Crippen molar-refractivity contribution in [3.05, 3.63) is 53.8 Å². The van der Waals surface area contributed by atoms with Gasteiger partial charge in [0.05, 0.1) is 5.69 Å². The average molecular weight is 269 g/mol. The first-order chi connectivity index (χ1) is 9.68. The minimum atomic E-state index is -0.301. The van der Waals surface area contributed by atoms with Crippen LogP contribution in [0.1, 0.15) is 5.56 Å². The normalized spacial score (nSPS) is 10.7.